The molecule has 1 aliphatic rings. The molecule has 1 heterocycles. The maximum absolute atomic E-state index is 14.1. The van der Waals surface area contributed by atoms with E-state index < -0.39 is 0 Å². The first-order valence-electron chi connectivity index (χ1n) is 7.47. The van der Waals surface area contributed by atoms with E-state index >= 15 is 0 Å². The predicted octanol–water partition coefficient (Wildman–Crippen LogP) is 1.73. The van der Waals surface area contributed by atoms with E-state index in [0.717, 1.165) is 26.2 Å². The molecule has 0 saturated carbocycles. The summed E-state index contributed by atoms with van der Waals surface area (Å²) in [5.41, 5.74) is 0.683. The van der Waals surface area contributed by atoms with Gasteiger partial charge in [0.15, 0.2) is 0 Å². The molecule has 1 aliphatic heterocycles. The van der Waals surface area contributed by atoms with Gasteiger partial charge in [0.2, 0.25) is 0 Å². The summed E-state index contributed by atoms with van der Waals surface area (Å²) in [4.78, 5) is 4.70. The smallest absolute Gasteiger partial charge is 0.131 e. The van der Waals surface area contributed by atoms with Crippen LogP contribution in [0.3, 0.4) is 0 Å². The summed E-state index contributed by atoms with van der Waals surface area (Å²) >= 11 is 0. The lowest BCUT2D eigenvalue weighted by molar-refractivity contribution is 0.111. The second kappa shape index (κ2) is 7.20. The second-order valence-electron chi connectivity index (χ2n) is 5.91. The summed E-state index contributed by atoms with van der Waals surface area (Å²) in [6, 6.07) is 5.48. The highest BCUT2D eigenvalue weighted by atomic mass is 19.1. The average Bonchev–Trinajstić information content (AvgIpc) is 2.47. The fourth-order valence-corrected chi connectivity index (χ4v) is 2.73. The molecule has 1 N–H and O–H groups in total. The van der Waals surface area contributed by atoms with Crippen molar-refractivity contribution in [3.05, 3.63) is 29.6 Å². The number of benzene rings is 1. The van der Waals surface area contributed by atoms with Crippen LogP contribution in [0.25, 0.3) is 0 Å². The van der Waals surface area contributed by atoms with E-state index in [2.05, 4.69) is 29.2 Å². The lowest BCUT2D eigenvalue weighted by Crippen LogP contribution is -2.53. The van der Waals surface area contributed by atoms with Crippen molar-refractivity contribution < 1.29 is 9.13 Å². The molecule has 0 aliphatic carbocycles. The number of piperazine rings is 1. The molecule has 0 radical (unpaired) electrons. The molecule has 0 amide bonds. The van der Waals surface area contributed by atoms with Crippen LogP contribution in [0.2, 0.25) is 0 Å². The second-order valence-corrected chi connectivity index (χ2v) is 5.91. The number of nitrogens with zero attached hydrogens (tertiary/aromatic N) is 2. The zero-order valence-electron chi connectivity index (χ0n) is 13.4. The van der Waals surface area contributed by atoms with Gasteiger partial charge in [-0.25, -0.2) is 4.39 Å². The highest BCUT2D eigenvalue weighted by molar-refractivity contribution is 5.30. The van der Waals surface area contributed by atoms with Crippen LogP contribution in [0.4, 0.5) is 4.39 Å². The van der Waals surface area contributed by atoms with E-state index in [1.54, 1.807) is 19.2 Å². The van der Waals surface area contributed by atoms with E-state index in [1.807, 2.05) is 6.92 Å². The molecule has 2 rings (SSSR count). The maximum Gasteiger partial charge on any atom is 0.131 e. The largest absolute Gasteiger partial charge is 0.497 e. The first-order chi connectivity index (χ1) is 10.0. The monoisotopic (exact) mass is 295 g/mol. The Morgan fingerprint density at radius 2 is 2.14 bits per heavy atom. The number of rotatable bonds is 5. The van der Waals surface area contributed by atoms with E-state index in [9.17, 15) is 4.39 Å². The van der Waals surface area contributed by atoms with Gasteiger partial charge in [-0.3, -0.25) is 4.90 Å². The van der Waals surface area contributed by atoms with Gasteiger partial charge in [-0.05, 0) is 27.1 Å². The Balaban J connectivity index is 1.93. The lowest BCUT2D eigenvalue weighted by Gasteiger charge is -2.38. The van der Waals surface area contributed by atoms with Crippen LogP contribution >= 0.6 is 0 Å². The predicted molar refractivity (Wildman–Crippen MR) is 83.3 cm³/mol. The molecule has 5 heteroatoms. The van der Waals surface area contributed by atoms with Gasteiger partial charge in [-0.2, -0.15) is 0 Å². The van der Waals surface area contributed by atoms with Crippen LogP contribution in [0.5, 0.6) is 5.75 Å². The molecule has 1 aromatic rings. The Labute approximate surface area is 126 Å². The summed E-state index contributed by atoms with van der Waals surface area (Å²) < 4.78 is 19.1. The fourth-order valence-electron chi connectivity index (χ4n) is 2.73. The van der Waals surface area contributed by atoms with Gasteiger partial charge in [-0.15, -0.1) is 0 Å². The van der Waals surface area contributed by atoms with Crippen LogP contribution in [0, 0.1) is 5.82 Å². The van der Waals surface area contributed by atoms with Gasteiger partial charge in [0.1, 0.15) is 11.6 Å². The summed E-state index contributed by atoms with van der Waals surface area (Å²) in [7, 11) is 5.84. The van der Waals surface area contributed by atoms with Crippen molar-refractivity contribution in [2.24, 2.45) is 0 Å². The Hall–Kier alpha value is -1.17. The van der Waals surface area contributed by atoms with Gasteiger partial charge in [0.25, 0.3) is 0 Å². The van der Waals surface area contributed by atoms with E-state index in [-0.39, 0.29) is 11.9 Å². The summed E-state index contributed by atoms with van der Waals surface area (Å²) in [5, 5.41) is 3.45. The van der Waals surface area contributed by atoms with E-state index in [0.29, 0.717) is 17.4 Å². The van der Waals surface area contributed by atoms with Crippen LogP contribution in [0.15, 0.2) is 18.2 Å². The molecule has 2 unspecified atom stereocenters. The fraction of sp³-hybridized carbons (Fsp3) is 0.625. The van der Waals surface area contributed by atoms with Crippen LogP contribution in [-0.2, 0) is 0 Å². The number of ether oxygens (including phenoxy) is 1. The van der Waals surface area contributed by atoms with Crippen molar-refractivity contribution >= 4 is 0 Å². The third-order valence-corrected chi connectivity index (χ3v) is 4.31. The number of likely N-dealkylation sites (N-methyl/N-ethyl adjacent to an activating group) is 2. The SMILES string of the molecule is COc1ccc(C(C)NCC2CN(C)CCN2C)c(F)c1. The molecule has 1 aromatic carbocycles. The van der Waals surface area contributed by atoms with Crippen molar-refractivity contribution in [1.29, 1.82) is 0 Å². The number of methoxy groups -OCH3 is 1. The Kier molecular flexibility index (Phi) is 5.56. The molecular weight excluding hydrogens is 269 g/mol. The molecule has 0 bridgehead atoms. The third-order valence-electron chi connectivity index (χ3n) is 4.31. The van der Waals surface area contributed by atoms with Crippen molar-refractivity contribution in [3.8, 4) is 5.75 Å². The Bertz CT molecular complexity index is 469. The highest BCUT2D eigenvalue weighted by Crippen LogP contribution is 2.21. The van der Waals surface area contributed by atoms with Crippen molar-refractivity contribution in [1.82, 2.24) is 15.1 Å². The minimum atomic E-state index is -0.219. The van der Waals surface area contributed by atoms with Crippen molar-refractivity contribution in [2.45, 2.75) is 19.0 Å². The Morgan fingerprint density at radius 3 is 2.81 bits per heavy atom. The number of nitrogens with one attached hydrogen (secondary N) is 1. The van der Waals surface area contributed by atoms with Crippen LogP contribution in [0.1, 0.15) is 18.5 Å². The topological polar surface area (TPSA) is 27.7 Å². The standard InChI is InChI=1S/C16H26FN3O/c1-12(15-6-5-14(21-4)9-16(15)17)18-10-13-11-19(2)7-8-20(13)3/h5-6,9,12-13,18H,7-8,10-11H2,1-4H3. The number of hydrogen-bond donors (Lipinski definition) is 1. The van der Waals surface area contributed by atoms with E-state index in [1.165, 1.54) is 6.07 Å². The van der Waals surface area contributed by atoms with Gasteiger partial charge < -0.3 is 15.0 Å². The number of hydrogen-bond acceptors (Lipinski definition) is 4. The van der Waals surface area contributed by atoms with Crippen LogP contribution in [-0.4, -0.2) is 63.2 Å². The molecule has 2 atom stereocenters. The van der Waals surface area contributed by atoms with Gasteiger partial charge in [0, 0.05) is 49.9 Å². The maximum atomic E-state index is 14.1. The third kappa shape index (κ3) is 4.15. The summed E-state index contributed by atoms with van der Waals surface area (Å²) in [6.45, 7) is 6.08. The molecule has 118 valence electrons. The molecule has 0 spiro atoms. The molecule has 1 saturated heterocycles. The first-order valence-corrected chi connectivity index (χ1v) is 7.47. The zero-order valence-corrected chi connectivity index (χ0v) is 13.4. The minimum absolute atomic E-state index is 0.0171. The zero-order chi connectivity index (χ0) is 15.4. The van der Waals surface area contributed by atoms with Gasteiger partial charge >= 0.3 is 0 Å². The molecule has 0 aromatic heterocycles. The molecule has 4 nitrogen and oxygen atoms in total. The van der Waals surface area contributed by atoms with E-state index in [4.69, 9.17) is 4.74 Å². The van der Waals surface area contributed by atoms with Gasteiger partial charge in [0.05, 0.1) is 7.11 Å². The number of halogens is 1. The molecule has 1 fully saturated rings. The van der Waals surface area contributed by atoms with Gasteiger partial charge in [-0.1, -0.05) is 6.07 Å². The normalized spacial score (nSPS) is 22.2. The van der Waals surface area contributed by atoms with Crippen molar-refractivity contribution in [2.75, 3.05) is 47.4 Å². The summed E-state index contributed by atoms with van der Waals surface area (Å²) in [6.07, 6.45) is 0. The highest BCUT2D eigenvalue weighted by Gasteiger charge is 2.22. The molecular formula is C16H26FN3O. The quantitative estimate of drug-likeness (QED) is 0.895. The summed E-state index contributed by atoms with van der Waals surface area (Å²) in [5.74, 6) is 0.334. The Morgan fingerprint density at radius 1 is 1.38 bits per heavy atom. The van der Waals surface area contributed by atoms with Crippen LogP contribution < -0.4 is 10.1 Å². The average molecular weight is 295 g/mol. The minimum Gasteiger partial charge on any atom is -0.497 e. The molecule has 21 heavy (non-hydrogen) atoms. The lowest BCUT2D eigenvalue weighted by atomic mass is 10.1. The van der Waals surface area contributed by atoms with Crippen molar-refractivity contribution in [3.63, 3.8) is 0 Å². The first kappa shape index (κ1) is 16.2.